The Bertz CT molecular complexity index is 1180. The van der Waals surface area contributed by atoms with Crippen molar-refractivity contribution in [3.8, 4) is 6.07 Å². The molecule has 0 saturated carbocycles. The van der Waals surface area contributed by atoms with Gasteiger partial charge < -0.3 is 9.55 Å². The van der Waals surface area contributed by atoms with Gasteiger partial charge in [-0.15, -0.1) is 0 Å². The number of benzene rings is 2. The van der Waals surface area contributed by atoms with Crippen LogP contribution in [0.15, 0.2) is 66.5 Å². The maximum Gasteiger partial charge on any atom is 0.205 e. The second-order valence-electron chi connectivity index (χ2n) is 5.96. The smallest absolute Gasteiger partial charge is 0.205 e. The van der Waals surface area contributed by atoms with Gasteiger partial charge in [0.25, 0.3) is 0 Å². The summed E-state index contributed by atoms with van der Waals surface area (Å²) >= 11 is 0. The van der Waals surface area contributed by atoms with E-state index in [1.807, 2.05) is 66.3 Å². The predicted molar refractivity (Wildman–Crippen MR) is 99.1 cm³/mol. The SMILES string of the molecule is Cn1cc(C(=O)/C(C#N)=C/c2c[nH]c3ccccc23)c2ccccc21. The molecule has 0 aliphatic rings. The molecule has 4 heteroatoms. The third-order valence-electron chi connectivity index (χ3n) is 4.43. The van der Waals surface area contributed by atoms with Crippen molar-refractivity contribution in [3.05, 3.63) is 77.6 Å². The first-order valence-electron chi connectivity index (χ1n) is 7.95. The fourth-order valence-corrected chi connectivity index (χ4v) is 3.19. The van der Waals surface area contributed by atoms with Gasteiger partial charge in [0.15, 0.2) is 0 Å². The van der Waals surface area contributed by atoms with Crippen LogP contribution in [0.5, 0.6) is 0 Å². The third kappa shape index (κ3) is 2.43. The van der Waals surface area contributed by atoms with Gasteiger partial charge in [-0.2, -0.15) is 5.26 Å². The van der Waals surface area contributed by atoms with Crippen molar-refractivity contribution in [2.75, 3.05) is 0 Å². The highest BCUT2D eigenvalue weighted by atomic mass is 16.1. The molecule has 1 N–H and O–H groups in total. The fourth-order valence-electron chi connectivity index (χ4n) is 3.19. The molecule has 0 aliphatic heterocycles. The zero-order valence-corrected chi connectivity index (χ0v) is 13.7. The van der Waals surface area contributed by atoms with Gasteiger partial charge in [0.1, 0.15) is 11.6 Å². The number of nitriles is 1. The summed E-state index contributed by atoms with van der Waals surface area (Å²) in [6, 6.07) is 17.6. The summed E-state index contributed by atoms with van der Waals surface area (Å²) < 4.78 is 1.91. The lowest BCUT2D eigenvalue weighted by molar-refractivity contribution is 0.104. The number of carbonyl (C=O) groups is 1. The van der Waals surface area contributed by atoms with Gasteiger partial charge in [-0.25, -0.2) is 0 Å². The molecule has 4 rings (SSSR count). The molecule has 2 heterocycles. The highest BCUT2D eigenvalue weighted by molar-refractivity contribution is 6.20. The van der Waals surface area contributed by atoms with Gasteiger partial charge in [0.2, 0.25) is 5.78 Å². The normalized spacial score (nSPS) is 11.8. The summed E-state index contributed by atoms with van der Waals surface area (Å²) in [6.45, 7) is 0. The topological polar surface area (TPSA) is 61.6 Å². The lowest BCUT2D eigenvalue weighted by Gasteiger charge is -1.98. The molecule has 0 saturated heterocycles. The number of ketones is 1. The molecule has 0 spiro atoms. The molecule has 2 aromatic heterocycles. The van der Waals surface area contributed by atoms with E-state index in [0.29, 0.717) is 5.56 Å². The van der Waals surface area contributed by atoms with E-state index in [9.17, 15) is 10.1 Å². The average molecular weight is 325 g/mol. The van der Waals surface area contributed by atoms with Crippen LogP contribution in [0.3, 0.4) is 0 Å². The molecule has 4 aromatic rings. The Balaban J connectivity index is 1.83. The summed E-state index contributed by atoms with van der Waals surface area (Å²) in [5.41, 5.74) is 3.45. The minimum atomic E-state index is -0.260. The van der Waals surface area contributed by atoms with E-state index in [0.717, 1.165) is 27.4 Å². The van der Waals surface area contributed by atoms with E-state index in [2.05, 4.69) is 11.1 Å². The molecule has 0 amide bonds. The lowest BCUT2D eigenvalue weighted by Crippen LogP contribution is -2.01. The molecule has 0 aliphatic carbocycles. The number of nitrogens with zero attached hydrogens (tertiary/aromatic N) is 2. The van der Waals surface area contributed by atoms with Crippen molar-refractivity contribution in [3.63, 3.8) is 0 Å². The van der Waals surface area contributed by atoms with Gasteiger partial charge in [0.05, 0.1) is 0 Å². The number of fused-ring (bicyclic) bond motifs is 2. The summed E-state index contributed by atoms with van der Waals surface area (Å²) in [6.07, 6.45) is 5.26. The number of para-hydroxylation sites is 2. The molecular weight excluding hydrogens is 310 g/mol. The Morgan fingerprint density at radius 3 is 2.64 bits per heavy atom. The standard InChI is InChI=1S/C21H15N3O/c1-24-13-18(17-7-3-5-9-20(17)24)21(25)14(11-22)10-15-12-23-19-8-4-2-6-16(15)19/h2-10,12-13,23H,1H3/b14-10+. The molecule has 0 fully saturated rings. The quantitative estimate of drug-likeness (QED) is 0.344. The number of aromatic nitrogens is 2. The van der Waals surface area contributed by atoms with Crippen LogP contribution < -0.4 is 0 Å². The van der Waals surface area contributed by atoms with Crippen molar-refractivity contribution >= 4 is 33.7 Å². The van der Waals surface area contributed by atoms with Gasteiger partial charge in [0, 0.05) is 52.4 Å². The number of rotatable bonds is 3. The molecular formula is C21H15N3O. The Morgan fingerprint density at radius 1 is 1.12 bits per heavy atom. The van der Waals surface area contributed by atoms with Crippen molar-refractivity contribution in [2.24, 2.45) is 7.05 Å². The first-order valence-corrected chi connectivity index (χ1v) is 7.95. The van der Waals surface area contributed by atoms with Gasteiger partial charge in [-0.05, 0) is 18.2 Å². The molecule has 0 bridgehead atoms. The molecule has 0 unspecified atom stereocenters. The van der Waals surface area contributed by atoms with Gasteiger partial charge in [-0.1, -0.05) is 36.4 Å². The number of hydrogen-bond acceptors (Lipinski definition) is 2. The van der Waals surface area contributed by atoms with E-state index in [1.165, 1.54) is 0 Å². The Kier molecular flexibility index (Phi) is 3.48. The van der Waals surface area contributed by atoms with Crippen molar-refractivity contribution < 1.29 is 4.79 Å². The zero-order valence-electron chi connectivity index (χ0n) is 13.7. The van der Waals surface area contributed by atoms with Crippen LogP contribution in [0.25, 0.3) is 27.9 Å². The molecule has 120 valence electrons. The van der Waals surface area contributed by atoms with Crippen LogP contribution in [-0.4, -0.2) is 15.3 Å². The fraction of sp³-hybridized carbons (Fsp3) is 0.0476. The number of aryl methyl sites for hydroxylation is 1. The number of allylic oxidation sites excluding steroid dienone is 1. The maximum atomic E-state index is 13.0. The number of carbonyl (C=O) groups excluding carboxylic acids is 1. The summed E-state index contributed by atoms with van der Waals surface area (Å²) in [7, 11) is 1.90. The van der Waals surface area contributed by atoms with Gasteiger partial charge >= 0.3 is 0 Å². The van der Waals surface area contributed by atoms with Crippen LogP contribution in [0.1, 0.15) is 15.9 Å². The molecule has 0 radical (unpaired) electrons. The predicted octanol–water partition coefficient (Wildman–Crippen LogP) is 4.45. The van der Waals surface area contributed by atoms with Crippen LogP contribution in [0, 0.1) is 11.3 Å². The number of nitrogens with one attached hydrogen (secondary N) is 1. The Labute approximate surface area is 144 Å². The minimum absolute atomic E-state index is 0.126. The summed E-state index contributed by atoms with van der Waals surface area (Å²) in [5, 5.41) is 11.4. The van der Waals surface area contributed by atoms with E-state index < -0.39 is 0 Å². The van der Waals surface area contributed by atoms with Crippen LogP contribution in [0.4, 0.5) is 0 Å². The number of aromatic amines is 1. The highest BCUT2D eigenvalue weighted by Gasteiger charge is 2.18. The van der Waals surface area contributed by atoms with Crippen LogP contribution in [-0.2, 0) is 7.05 Å². The second kappa shape index (κ2) is 5.81. The number of hydrogen-bond donors (Lipinski definition) is 1. The number of H-pyrrole nitrogens is 1. The Hall–Kier alpha value is -3.58. The minimum Gasteiger partial charge on any atom is -0.361 e. The monoisotopic (exact) mass is 325 g/mol. The van der Waals surface area contributed by atoms with E-state index in [1.54, 1.807) is 12.3 Å². The molecule has 4 nitrogen and oxygen atoms in total. The van der Waals surface area contributed by atoms with E-state index in [-0.39, 0.29) is 11.4 Å². The summed E-state index contributed by atoms with van der Waals surface area (Å²) in [4.78, 5) is 16.1. The highest BCUT2D eigenvalue weighted by Crippen LogP contribution is 2.25. The zero-order chi connectivity index (χ0) is 17.4. The Morgan fingerprint density at radius 2 is 1.84 bits per heavy atom. The molecule has 2 aromatic carbocycles. The first-order chi connectivity index (χ1) is 12.2. The van der Waals surface area contributed by atoms with E-state index >= 15 is 0 Å². The lowest BCUT2D eigenvalue weighted by atomic mass is 10.0. The maximum absolute atomic E-state index is 13.0. The second-order valence-corrected chi connectivity index (χ2v) is 5.96. The molecule has 0 atom stereocenters. The average Bonchev–Trinajstić information content (AvgIpc) is 3.21. The van der Waals surface area contributed by atoms with Crippen molar-refractivity contribution in [2.45, 2.75) is 0 Å². The third-order valence-corrected chi connectivity index (χ3v) is 4.43. The van der Waals surface area contributed by atoms with Crippen LogP contribution >= 0.6 is 0 Å². The van der Waals surface area contributed by atoms with Crippen molar-refractivity contribution in [1.82, 2.24) is 9.55 Å². The molecule has 25 heavy (non-hydrogen) atoms. The van der Waals surface area contributed by atoms with Gasteiger partial charge in [-0.3, -0.25) is 4.79 Å². The number of Topliss-reactive ketones (excluding diaryl/α,β-unsaturated/α-hetero) is 1. The van der Waals surface area contributed by atoms with E-state index in [4.69, 9.17) is 0 Å². The summed E-state index contributed by atoms with van der Waals surface area (Å²) in [5.74, 6) is -0.260. The largest absolute Gasteiger partial charge is 0.361 e. The first kappa shape index (κ1) is 15.0. The van der Waals surface area contributed by atoms with Crippen LogP contribution in [0.2, 0.25) is 0 Å². The van der Waals surface area contributed by atoms with Crippen molar-refractivity contribution in [1.29, 1.82) is 5.26 Å².